The molecule has 0 saturated heterocycles. The van der Waals surface area contributed by atoms with E-state index in [1.165, 1.54) is 0 Å². The fourth-order valence-electron chi connectivity index (χ4n) is 1.36. The third-order valence-electron chi connectivity index (χ3n) is 2.07. The fraction of sp³-hybridized carbons (Fsp3) is 0.700. The van der Waals surface area contributed by atoms with Crippen molar-refractivity contribution in [2.45, 2.75) is 19.6 Å². The van der Waals surface area contributed by atoms with Crippen molar-refractivity contribution in [3.05, 3.63) is 17.5 Å². The van der Waals surface area contributed by atoms with E-state index in [-0.39, 0.29) is 0 Å². The summed E-state index contributed by atoms with van der Waals surface area (Å²) < 4.78 is 10.0. The molecule has 0 spiro atoms. The molecule has 1 rings (SSSR count). The zero-order valence-corrected chi connectivity index (χ0v) is 9.40. The molecular formula is C10H19N3O2. The summed E-state index contributed by atoms with van der Waals surface area (Å²) in [6.07, 6.45) is 0.999. The molecule has 0 aliphatic rings. The van der Waals surface area contributed by atoms with E-state index in [9.17, 15) is 0 Å². The maximum Gasteiger partial charge on any atom is 0.162 e. The minimum Gasteiger partial charge on any atom is -0.377 e. The Balaban J connectivity index is 2.35. The molecule has 1 aromatic heterocycles. The number of hydrogen-bond donors (Lipinski definition) is 1. The van der Waals surface area contributed by atoms with Crippen molar-refractivity contribution in [3.8, 4) is 0 Å². The summed E-state index contributed by atoms with van der Waals surface area (Å²) in [5.41, 5.74) is 6.37. The van der Waals surface area contributed by atoms with E-state index >= 15 is 0 Å². The monoisotopic (exact) mass is 213 g/mol. The minimum atomic E-state index is 0.472. The van der Waals surface area contributed by atoms with E-state index in [4.69, 9.17) is 15.0 Å². The van der Waals surface area contributed by atoms with Crippen LogP contribution in [-0.2, 0) is 17.9 Å². The van der Waals surface area contributed by atoms with Crippen molar-refractivity contribution in [2.75, 3.05) is 27.2 Å². The van der Waals surface area contributed by atoms with Crippen LogP contribution in [0.25, 0.3) is 0 Å². The summed E-state index contributed by atoms with van der Waals surface area (Å²) in [6.45, 7) is 2.95. The largest absolute Gasteiger partial charge is 0.377 e. The van der Waals surface area contributed by atoms with Crippen molar-refractivity contribution >= 4 is 0 Å². The number of nitrogens with zero attached hydrogens (tertiary/aromatic N) is 2. The highest BCUT2D eigenvalue weighted by atomic mass is 16.5. The lowest BCUT2D eigenvalue weighted by Gasteiger charge is -2.13. The molecular weight excluding hydrogens is 194 g/mol. The molecule has 0 unspecified atom stereocenters. The predicted octanol–water partition coefficient (Wildman–Crippen LogP) is 0.602. The zero-order valence-electron chi connectivity index (χ0n) is 9.40. The van der Waals surface area contributed by atoms with Crippen LogP contribution in [-0.4, -0.2) is 37.3 Å². The molecule has 86 valence electrons. The predicted molar refractivity (Wildman–Crippen MR) is 57.2 cm³/mol. The smallest absolute Gasteiger partial charge is 0.162 e. The summed E-state index contributed by atoms with van der Waals surface area (Å²) in [4.78, 5) is 2.17. The Hall–Kier alpha value is -0.910. The van der Waals surface area contributed by atoms with Crippen LogP contribution in [0, 0.1) is 0 Å². The van der Waals surface area contributed by atoms with Crippen molar-refractivity contribution in [2.24, 2.45) is 5.73 Å². The molecule has 0 amide bonds. The van der Waals surface area contributed by atoms with E-state index in [2.05, 4.69) is 10.1 Å². The standard InChI is InChI=1S/C10H19N3O2/c1-13(5-3-4-11)7-9-6-10(8-14-2)15-12-9/h6H,3-5,7-8,11H2,1-2H3. The maximum atomic E-state index is 5.44. The van der Waals surface area contributed by atoms with Crippen LogP contribution in [0.15, 0.2) is 10.6 Å². The summed E-state index contributed by atoms with van der Waals surface area (Å²) in [6, 6.07) is 1.92. The summed E-state index contributed by atoms with van der Waals surface area (Å²) in [7, 11) is 3.68. The van der Waals surface area contributed by atoms with Gasteiger partial charge >= 0.3 is 0 Å². The van der Waals surface area contributed by atoms with E-state index in [1.54, 1.807) is 7.11 Å². The molecule has 2 N–H and O–H groups in total. The molecule has 15 heavy (non-hydrogen) atoms. The number of aromatic nitrogens is 1. The quantitative estimate of drug-likeness (QED) is 0.718. The molecule has 5 heteroatoms. The van der Waals surface area contributed by atoms with E-state index in [1.807, 2.05) is 13.1 Å². The lowest BCUT2D eigenvalue weighted by atomic mass is 10.3. The SMILES string of the molecule is COCc1cc(CN(C)CCCN)no1. The number of hydrogen-bond acceptors (Lipinski definition) is 5. The summed E-state index contributed by atoms with van der Waals surface area (Å²) >= 11 is 0. The van der Waals surface area contributed by atoms with Crippen LogP contribution in [0.3, 0.4) is 0 Å². The highest BCUT2D eigenvalue weighted by Crippen LogP contribution is 2.06. The third-order valence-corrected chi connectivity index (χ3v) is 2.07. The van der Waals surface area contributed by atoms with Gasteiger partial charge < -0.3 is 19.9 Å². The maximum absolute atomic E-state index is 5.44. The molecule has 0 saturated carbocycles. The van der Waals surface area contributed by atoms with Gasteiger partial charge in [0.15, 0.2) is 5.76 Å². The van der Waals surface area contributed by atoms with Gasteiger partial charge in [-0.25, -0.2) is 0 Å². The van der Waals surface area contributed by atoms with Gasteiger partial charge in [0.05, 0.1) is 5.69 Å². The first kappa shape index (κ1) is 12.2. The Labute approximate surface area is 90.2 Å². The van der Waals surface area contributed by atoms with E-state index < -0.39 is 0 Å². The van der Waals surface area contributed by atoms with Gasteiger partial charge in [0.2, 0.25) is 0 Å². The Morgan fingerprint density at radius 1 is 1.60 bits per heavy atom. The highest BCUT2D eigenvalue weighted by molar-refractivity contribution is 5.04. The van der Waals surface area contributed by atoms with Gasteiger partial charge in [0.1, 0.15) is 6.61 Å². The van der Waals surface area contributed by atoms with E-state index in [0.717, 1.165) is 37.5 Å². The van der Waals surface area contributed by atoms with Crippen LogP contribution < -0.4 is 5.73 Å². The van der Waals surface area contributed by atoms with Crippen LogP contribution in [0.1, 0.15) is 17.9 Å². The van der Waals surface area contributed by atoms with Crippen molar-refractivity contribution < 1.29 is 9.26 Å². The Kier molecular flexibility index (Phi) is 5.31. The van der Waals surface area contributed by atoms with Crippen LogP contribution in [0.5, 0.6) is 0 Å². The molecule has 1 aromatic rings. The second-order valence-corrected chi connectivity index (χ2v) is 3.60. The molecule has 1 heterocycles. The van der Waals surface area contributed by atoms with Crippen LogP contribution in [0.4, 0.5) is 0 Å². The zero-order chi connectivity index (χ0) is 11.1. The van der Waals surface area contributed by atoms with Gasteiger partial charge in [-0.05, 0) is 26.6 Å². The molecule has 0 aliphatic heterocycles. The molecule has 0 bridgehead atoms. The second kappa shape index (κ2) is 6.55. The third kappa shape index (κ3) is 4.42. The highest BCUT2D eigenvalue weighted by Gasteiger charge is 2.06. The molecule has 0 aliphatic carbocycles. The number of ether oxygens (including phenoxy) is 1. The minimum absolute atomic E-state index is 0.472. The average molecular weight is 213 g/mol. The number of nitrogens with two attached hydrogens (primary N) is 1. The summed E-state index contributed by atoms with van der Waals surface area (Å²) in [5.74, 6) is 0.764. The average Bonchev–Trinajstić information content (AvgIpc) is 2.63. The van der Waals surface area contributed by atoms with Gasteiger partial charge in [-0.2, -0.15) is 0 Å². The first-order chi connectivity index (χ1) is 7.26. The van der Waals surface area contributed by atoms with Gasteiger partial charge in [-0.3, -0.25) is 0 Å². The Morgan fingerprint density at radius 3 is 3.07 bits per heavy atom. The lowest BCUT2D eigenvalue weighted by molar-refractivity contribution is 0.155. The van der Waals surface area contributed by atoms with Crippen molar-refractivity contribution in [1.82, 2.24) is 10.1 Å². The molecule has 0 radical (unpaired) electrons. The molecule has 0 atom stereocenters. The molecule has 5 nitrogen and oxygen atoms in total. The van der Waals surface area contributed by atoms with Crippen molar-refractivity contribution in [1.29, 1.82) is 0 Å². The van der Waals surface area contributed by atoms with Crippen LogP contribution in [0.2, 0.25) is 0 Å². The molecule has 0 fully saturated rings. The Bertz CT molecular complexity index is 275. The fourth-order valence-corrected chi connectivity index (χ4v) is 1.36. The first-order valence-corrected chi connectivity index (χ1v) is 5.08. The van der Waals surface area contributed by atoms with Gasteiger partial charge in [-0.1, -0.05) is 5.16 Å². The van der Waals surface area contributed by atoms with Crippen molar-refractivity contribution in [3.63, 3.8) is 0 Å². The van der Waals surface area contributed by atoms with Gasteiger partial charge in [0, 0.05) is 19.7 Å². The number of methoxy groups -OCH3 is 1. The van der Waals surface area contributed by atoms with Gasteiger partial charge in [-0.15, -0.1) is 0 Å². The van der Waals surface area contributed by atoms with E-state index in [0.29, 0.717) is 6.61 Å². The second-order valence-electron chi connectivity index (χ2n) is 3.60. The lowest BCUT2D eigenvalue weighted by Crippen LogP contribution is -2.21. The summed E-state index contributed by atoms with van der Waals surface area (Å²) in [5, 5.41) is 3.95. The Morgan fingerprint density at radius 2 is 2.40 bits per heavy atom. The molecule has 0 aromatic carbocycles. The van der Waals surface area contributed by atoms with Gasteiger partial charge in [0.25, 0.3) is 0 Å². The first-order valence-electron chi connectivity index (χ1n) is 5.08. The van der Waals surface area contributed by atoms with Crippen LogP contribution >= 0.6 is 0 Å². The normalized spacial score (nSPS) is 11.2. The topological polar surface area (TPSA) is 64.5 Å². The number of rotatable bonds is 7.